The van der Waals surface area contributed by atoms with Gasteiger partial charge in [0.25, 0.3) is 0 Å². The molecule has 0 aromatic carbocycles. The predicted octanol–water partition coefficient (Wildman–Crippen LogP) is 1.63. The summed E-state index contributed by atoms with van der Waals surface area (Å²) in [7, 11) is 0. The number of nitrogens with one attached hydrogen (secondary N) is 2. The van der Waals surface area contributed by atoms with Crippen LogP contribution >= 0.6 is 0 Å². The van der Waals surface area contributed by atoms with Gasteiger partial charge in [-0.05, 0) is 31.9 Å². The van der Waals surface area contributed by atoms with Crippen molar-refractivity contribution < 1.29 is 0 Å². The van der Waals surface area contributed by atoms with E-state index in [1.54, 1.807) is 0 Å². The smallest absolute Gasteiger partial charge is 0.224 e. The van der Waals surface area contributed by atoms with Gasteiger partial charge in [-0.15, -0.1) is 0 Å². The maximum Gasteiger partial charge on any atom is 0.224 e. The summed E-state index contributed by atoms with van der Waals surface area (Å²) in [6.45, 7) is 4.35. The SMILES string of the molecule is c1cc(N2CCCCCC2)nc(NC2CCNC2)n1. The molecule has 0 radical (unpaired) electrons. The van der Waals surface area contributed by atoms with E-state index in [9.17, 15) is 0 Å². The molecule has 1 atom stereocenters. The molecule has 3 heterocycles. The van der Waals surface area contributed by atoms with Gasteiger partial charge in [-0.1, -0.05) is 12.8 Å². The Bertz CT molecular complexity index is 395. The first kappa shape index (κ1) is 12.7. The molecule has 0 saturated carbocycles. The number of nitrogens with zero attached hydrogens (tertiary/aromatic N) is 3. The minimum absolute atomic E-state index is 0.472. The largest absolute Gasteiger partial charge is 0.356 e. The second-order valence-electron chi connectivity index (χ2n) is 5.47. The lowest BCUT2D eigenvalue weighted by Crippen LogP contribution is -2.27. The topological polar surface area (TPSA) is 53.1 Å². The van der Waals surface area contributed by atoms with Gasteiger partial charge in [0.15, 0.2) is 0 Å². The van der Waals surface area contributed by atoms with Crippen LogP contribution in [0.4, 0.5) is 11.8 Å². The van der Waals surface area contributed by atoms with Gasteiger partial charge in [-0.25, -0.2) is 4.98 Å². The highest BCUT2D eigenvalue weighted by molar-refractivity contribution is 5.43. The van der Waals surface area contributed by atoms with Gasteiger partial charge in [0, 0.05) is 31.9 Å². The maximum atomic E-state index is 4.68. The Kier molecular flexibility index (Phi) is 4.13. The first-order chi connectivity index (χ1) is 9.42. The van der Waals surface area contributed by atoms with Crippen LogP contribution in [0.5, 0.6) is 0 Å². The molecular formula is C14H23N5. The molecule has 1 unspecified atom stereocenters. The van der Waals surface area contributed by atoms with Crippen LogP contribution in [0.25, 0.3) is 0 Å². The normalized spacial score (nSPS) is 24.2. The predicted molar refractivity (Wildman–Crippen MR) is 77.6 cm³/mol. The molecule has 0 bridgehead atoms. The van der Waals surface area contributed by atoms with Crippen LogP contribution in [0, 0.1) is 0 Å². The highest BCUT2D eigenvalue weighted by Gasteiger charge is 2.16. The fraction of sp³-hybridized carbons (Fsp3) is 0.714. The minimum Gasteiger partial charge on any atom is -0.356 e. The van der Waals surface area contributed by atoms with E-state index in [-0.39, 0.29) is 0 Å². The van der Waals surface area contributed by atoms with Crippen LogP contribution in [0.2, 0.25) is 0 Å². The van der Waals surface area contributed by atoms with Crippen LogP contribution < -0.4 is 15.5 Å². The van der Waals surface area contributed by atoms with Crippen molar-refractivity contribution >= 4 is 11.8 Å². The molecule has 104 valence electrons. The van der Waals surface area contributed by atoms with Crippen molar-refractivity contribution in [3.63, 3.8) is 0 Å². The summed E-state index contributed by atoms with van der Waals surface area (Å²) in [5.41, 5.74) is 0. The lowest BCUT2D eigenvalue weighted by Gasteiger charge is -2.22. The van der Waals surface area contributed by atoms with Crippen molar-refractivity contribution in [2.24, 2.45) is 0 Å². The van der Waals surface area contributed by atoms with E-state index >= 15 is 0 Å². The van der Waals surface area contributed by atoms with Gasteiger partial charge in [0.05, 0.1) is 0 Å². The number of rotatable bonds is 3. The van der Waals surface area contributed by atoms with Gasteiger partial charge >= 0.3 is 0 Å². The Morgan fingerprint density at radius 1 is 1.21 bits per heavy atom. The molecule has 5 nitrogen and oxygen atoms in total. The Morgan fingerprint density at radius 2 is 2.05 bits per heavy atom. The van der Waals surface area contributed by atoms with Crippen LogP contribution in [0.15, 0.2) is 12.3 Å². The zero-order valence-corrected chi connectivity index (χ0v) is 11.4. The van der Waals surface area contributed by atoms with E-state index in [1.807, 2.05) is 12.3 Å². The quantitative estimate of drug-likeness (QED) is 0.866. The highest BCUT2D eigenvalue weighted by atomic mass is 15.2. The average Bonchev–Trinajstić information content (AvgIpc) is 2.79. The third-order valence-electron chi connectivity index (χ3n) is 3.96. The van der Waals surface area contributed by atoms with Gasteiger partial charge in [-0.2, -0.15) is 4.98 Å². The van der Waals surface area contributed by atoms with Crippen molar-refractivity contribution in [1.82, 2.24) is 15.3 Å². The third-order valence-corrected chi connectivity index (χ3v) is 3.96. The summed E-state index contributed by atoms with van der Waals surface area (Å²) in [6, 6.07) is 2.50. The monoisotopic (exact) mass is 261 g/mol. The van der Waals surface area contributed by atoms with Crippen molar-refractivity contribution in [3.8, 4) is 0 Å². The van der Waals surface area contributed by atoms with E-state index in [1.165, 1.54) is 25.7 Å². The van der Waals surface area contributed by atoms with Crippen LogP contribution in [0.3, 0.4) is 0 Å². The van der Waals surface area contributed by atoms with E-state index in [0.29, 0.717) is 6.04 Å². The van der Waals surface area contributed by atoms with Gasteiger partial charge in [0.2, 0.25) is 5.95 Å². The Balaban J connectivity index is 1.67. The first-order valence-electron chi connectivity index (χ1n) is 7.47. The molecule has 1 aromatic heterocycles. The molecule has 0 amide bonds. The van der Waals surface area contributed by atoms with Crippen molar-refractivity contribution in [3.05, 3.63) is 12.3 Å². The molecule has 19 heavy (non-hydrogen) atoms. The molecule has 0 spiro atoms. The third kappa shape index (κ3) is 3.35. The molecule has 5 heteroatoms. The second-order valence-corrected chi connectivity index (χ2v) is 5.47. The molecular weight excluding hydrogens is 238 g/mol. The van der Waals surface area contributed by atoms with Gasteiger partial charge < -0.3 is 15.5 Å². The van der Waals surface area contributed by atoms with E-state index in [0.717, 1.165) is 44.4 Å². The average molecular weight is 261 g/mol. The van der Waals surface area contributed by atoms with E-state index in [2.05, 4.69) is 25.5 Å². The molecule has 2 saturated heterocycles. The van der Waals surface area contributed by atoms with E-state index < -0.39 is 0 Å². The van der Waals surface area contributed by atoms with Crippen LogP contribution in [-0.2, 0) is 0 Å². The van der Waals surface area contributed by atoms with Crippen molar-refractivity contribution in [2.75, 3.05) is 36.4 Å². The zero-order valence-electron chi connectivity index (χ0n) is 11.4. The molecule has 2 fully saturated rings. The summed E-state index contributed by atoms with van der Waals surface area (Å²) in [5.74, 6) is 1.85. The van der Waals surface area contributed by atoms with E-state index in [4.69, 9.17) is 0 Å². The number of hydrogen-bond donors (Lipinski definition) is 2. The maximum absolute atomic E-state index is 4.68. The summed E-state index contributed by atoms with van der Waals surface area (Å²) in [4.78, 5) is 11.4. The fourth-order valence-corrected chi connectivity index (χ4v) is 2.86. The van der Waals surface area contributed by atoms with Gasteiger partial charge in [0.1, 0.15) is 5.82 Å². The lowest BCUT2D eigenvalue weighted by molar-refractivity contribution is 0.726. The Hall–Kier alpha value is -1.36. The van der Waals surface area contributed by atoms with Crippen LogP contribution in [0.1, 0.15) is 32.1 Å². The number of hydrogen-bond acceptors (Lipinski definition) is 5. The first-order valence-corrected chi connectivity index (χ1v) is 7.47. The molecule has 1 aromatic rings. The van der Waals surface area contributed by atoms with Crippen LogP contribution in [-0.4, -0.2) is 42.2 Å². The highest BCUT2D eigenvalue weighted by Crippen LogP contribution is 2.18. The standard InChI is InChI=1S/C14H23N5/c1-2-4-10-19(9-3-1)13-6-8-16-14(18-13)17-12-5-7-15-11-12/h6,8,12,15H,1-5,7,9-11H2,(H,16,17,18). The summed E-state index contributed by atoms with van der Waals surface area (Å²) < 4.78 is 0. The molecule has 0 aliphatic carbocycles. The second kappa shape index (κ2) is 6.19. The zero-order chi connectivity index (χ0) is 12.9. The summed E-state index contributed by atoms with van der Waals surface area (Å²) in [6.07, 6.45) is 8.27. The molecule has 2 N–H and O–H groups in total. The lowest BCUT2D eigenvalue weighted by atomic mass is 10.2. The molecule has 2 aliphatic heterocycles. The minimum atomic E-state index is 0.472. The van der Waals surface area contributed by atoms with Crippen molar-refractivity contribution in [1.29, 1.82) is 0 Å². The summed E-state index contributed by atoms with van der Waals surface area (Å²) >= 11 is 0. The van der Waals surface area contributed by atoms with Gasteiger partial charge in [-0.3, -0.25) is 0 Å². The fourth-order valence-electron chi connectivity index (χ4n) is 2.86. The number of aromatic nitrogens is 2. The van der Waals surface area contributed by atoms with Crippen molar-refractivity contribution in [2.45, 2.75) is 38.1 Å². The molecule has 2 aliphatic rings. The number of anilines is 2. The Labute approximate surface area is 114 Å². The Morgan fingerprint density at radius 3 is 2.79 bits per heavy atom. The molecule has 3 rings (SSSR count). The summed E-state index contributed by atoms with van der Waals surface area (Å²) in [5, 5.41) is 6.77.